The second-order valence-electron chi connectivity index (χ2n) is 2.83. The van der Waals surface area contributed by atoms with Crippen LogP contribution in [0.25, 0.3) is 0 Å². The van der Waals surface area contributed by atoms with Crippen molar-refractivity contribution in [1.29, 1.82) is 0 Å². The van der Waals surface area contributed by atoms with Gasteiger partial charge in [-0.15, -0.1) is 0 Å². The van der Waals surface area contributed by atoms with Crippen LogP contribution in [0.1, 0.15) is 25.0 Å². The summed E-state index contributed by atoms with van der Waals surface area (Å²) in [4.78, 5) is 0. The first-order valence-corrected chi connectivity index (χ1v) is 3.41. The summed E-state index contributed by atoms with van der Waals surface area (Å²) in [6.07, 6.45) is 3.06. The van der Waals surface area contributed by atoms with Gasteiger partial charge in [0.1, 0.15) is 5.76 Å². The monoisotopic (exact) mass is 122 g/mol. The lowest BCUT2D eigenvalue weighted by atomic mass is 10.3. The first-order valence-electron chi connectivity index (χ1n) is 3.41. The van der Waals surface area contributed by atoms with E-state index in [-0.39, 0.29) is 0 Å². The van der Waals surface area contributed by atoms with Crippen molar-refractivity contribution in [2.75, 3.05) is 0 Å². The number of rotatable bonds is 1. The Morgan fingerprint density at radius 1 is 1.67 bits per heavy atom. The van der Waals surface area contributed by atoms with E-state index in [9.17, 15) is 0 Å². The molecule has 0 aliphatic heterocycles. The molecule has 1 saturated carbocycles. The minimum absolute atomic E-state index is 0.736. The van der Waals surface area contributed by atoms with Gasteiger partial charge in [0.25, 0.3) is 0 Å². The maximum absolute atomic E-state index is 5.23. The molecule has 1 aromatic heterocycles. The molecule has 0 aromatic carbocycles. The summed E-state index contributed by atoms with van der Waals surface area (Å²) in [6.45, 7) is 2.26. The van der Waals surface area contributed by atoms with E-state index in [0.29, 0.717) is 0 Å². The van der Waals surface area contributed by atoms with Gasteiger partial charge in [0.05, 0.1) is 6.26 Å². The molecule has 0 saturated heterocycles. The van der Waals surface area contributed by atoms with Crippen LogP contribution in [-0.4, -0.2) is 0 Å². The highest BCUT2D eigenvalue weighted by atomic mass is 16.3. The zero-order valence-electron chi connectivity index (χ0n) is 5.50. The molecule has 1 aliphatic rings. The summed E-state index contributed by atoms with van der Waals surface area (Å²) in [5, 5.41) is 0. The highest BCUT2D eigenvalue weighted by molar-refractivity contribution is 5.13. The highest BCUT2D eigenvalue weighted by Crippen LogP contribution is 2.46. The van der Waals surface area contributed by atoms with Crippen molar-refractivity contribution in [2.45, 2.75) is 19.3 Å². The quantitative estimate of drug-likeness (QED) is 0.557. The fourth-order valence-electron chi connectivity index (χ4n) is 1.22. The van der Waals surface area contributed by atoms with Crippen LogP contribution >= 0.6 is 0 Å². The van der Waals surface area contributed by atoms with Crippen molar-refractivity contribution in [3.8, 4) is 0 Å². The van der Waals surface area contributed by atoms with E-state index in [1.54, 1.807) is 6.26 Å². The van der Waals surface area contributed by atoms with Gasteiger partial charge in [-0.05, 0) is 24.5 Å². The first kappa shape index (κ1) is 5.10. The van der Waals surface area contributed by atoms with Crippen molar-refractivity contribution in [3.63, 3.8) is 0 Å². The zero-order chi connectivity index (χ0) is 6.27. The molecule has 0 bridgehead atoms. The van der Waals surface area contributed by atoms with Crippen molar-refractivity contribution in [3.05, 3.63) is 24.2 Å². The van der Waals surface area contributed by atoms with Crippen LogP contribution in [0.5, 0.6) is 0 Å². The van der Waals surface area contributed by atoms with Crippen molar-refractivity contribution < 1.29 is 4.42 Å². The largest absolute Gasteiger partial charge is 0.469 e. The second-order valence-corrected chi connectivity index (χ2v) is 2.83. The molecule has 0 unspecified atom stereocenters. The van der Waals surface area contributed by atoms with E-state index in [4.69, 9.17) is 4.42 Å². The van der Waals surface area contributed by atoms with Crippen LogP contribution in [0.3, 0.4) is 0 Å². The molecule has 1 aromatic rings. The molecule has 2 rings (SSSR count). The maximum Gasteiger partial charge on any atom is 0.107 e. The molecule has 0 N–H and O–H groups in total. The smallest absolute Gasteiger partial charge is 0.107 e. The SMILES string of the molecule is C[C@@H]1C[C@@H]1c1ccco1. The van der Waals surface area contributed by atoms with Gasteiger partial charge in [0.2, 0.25) is 0 Å². The summed E-state index contributed by atoms with van der Waals surface area (Å²) in [7, 11) is 0. The number of hydrogen-bond donors (Lipinski definition) is 0. The lowest BCUT2D eigenvalue weighted by Gasteiger charge is -1.86. The molecular weight excluding hydrogens is 112 g/mol. The van der Waals surface area contributed by atoms with Gasteiger partial charge in [0.15, 0.2) is 0 Å². The molecule has 0 amide bonds. The molecule has 0 spiro atoms. The second kappa shape index (κ2) is 1.63. The Bertz CT molecular complexity index is 188. The van der Waals surface area contributed by atoms with Gasteiger partial charge in [-0.3, -0.25) is 0 Å². The Morgan fingerprint density at radius 3 is 2.89 bits per heavy atom. The van der Waals surface area contributed by atoms with E-state index >= 15 is 0 Å². The van der Waals surface area contributed by atoms with E-state index < -0.39 is 0 Å². The molecule has 1 heteroatoms. The summed E-state index contributed by atoms with van der Waals surface area (Å²) in [5.74, 6) is 2.76. The molecule has 48 valence electrons. The van der Waals surface area contributed by atoms with Crippen LogP contribution in [0.4, 0.5) is 0 Å². The van der Waals surface area contributed by atoms with E-state index in [0.717, 1.165) is 11.8 Å². The van der Waals surface area contributed by atoms with E-state index in [1.165, 1.54) is 12.2 Å². The highest BCUT2D eigenvalue weighted by Gasteiger charge is 2.35. The zero-order valence-corrected chi connectivity index (χ0v) is 5.50. The Balaban J connectivity index is 2.18. The van der Waals surface area contributed by atoms with Gasteiger partial charge in [-0.1, -0.05) is 6.92 Å². The predicted molar refractivity (Wildman–Crippen MR) is 35.2 cm³/mol. The normalized spacial score (nSPS) is 32.6. The fourth-order valence-corrected chi connectivity index (χ4v) is 1.22. The molecule has 1 aliphatic carbocycles. The summed E-state index contributed by atoms with van der Waals surface area (Å²) in [6, 6.07) is 4.02. The van der Waals surface area contributed by atoms with E-state index in [2.05, 4.69) is 13.0 Å². The minimum Gasteiger partial charge on any atom is -0.469 e. The van der Waals surface area contributed by atoms with Crippen LogP contribution < -0.4 is 0 Å². The van der Waals surface area contributed by atoms with Gasteiger partial charge in [-0.2, -0.15) is 0 Å². The lowest BCUT2D eigenvalue weighted by molar-refractivity contribution is 0.506. The fraction of sp³-hybridized carbons (Fsp3) is 0.500. The summed E-state index contributed by atoms with van der Waals surface area (Å²) >= 11 is 0. The molecular formula is C8H10O. The van der Waals surface area contributed by atoms with Gasteiger partial charge >= 0.3 is 0 Å². The minimum atomic E-state index is 0.736. The molecule has 1 fully saturated rings. The number of furan rings is 1. The Hall–Kier alpha value is -0.720. The van der Waals surface area contributed by atoms with Crippen molar-refractivity contribution in [1.82, 2.24) is 0 Å². The molecule has 1 heterocycles. The van der Waals surface area contributed by atoms with E-state index in [1.807, 2.05) is 6.07 Å². The topological polar surface area (TPSA) is 13.1 Å². The average molecular weight is 122 g/mol. The van der Waals surface area contributed by atoms with Crippen LogP contribution in [0.15, 0.2) is 22.8 Å². The molecule has 0 radical (unpaired) electrons. The lowest BCUT2D eigenvalue weighted by Crippen LogP contribution is -1.72. The standard InChI is InChI=1S/C8H10O/c1-6-5-7(6)8-3-2-4-9-8/h2-4,6-7H,5H2,1H3/t6-,7+/m1/s1. The van der Waals surface area contributed by atoms with Gasteiger partial charge in [-0.25, -0.2) is 0 Å². The predicted octanol–water partition coefficient (Wildman–Crippen LogP) is 2.40. The Kier molecular flexibility index (Phi) is 0.922. The molecule has 2 atom stereocenters. The third-order valence-electron chi connectivity index (χ3n) is 2.02. The molecule has 1 nitrogen and oxygen atoms in total. The van der Waals surface area contributed by atoms with Crippen LogP contribution in [-0.2, 0) is 0 Å². The van der Waals surface area contributed by atoms with Crippen LogP contribution in [0, 0.1) is 5.92 Å². The van der Waals surface area contributed by atoms with Gasteiger partial charge in [0, 0.05) is 5.92 Å². The summed E-state index contributed by atoms with van der Waals surface area (Å²) < 4.78 is 5.23. The van der Waals surface area contributed by atoms with Crippen molar-refractivity contribution in [2.24, 2.45) is 5.92 Å². The Morgan fingerprint density at radius 2 is 2.44 bits per heavy atom. The Labute approximate surface area is 54.7 Å². The van der Waals surface area contributed by atoms with Crippen molar-refractivity contribution >= 4 is 0 Å². The average Bonchev–Trinajstić information content (AvgIpc) is 2.44. The number of hydrogen-bond acceptors (Lipinski definition) is 1. The van der Waals surface area contributed by atoms with Crippen LogP contribution in [0.2, 0.25) is 0 Å². The third kappa shape index (κ3) is 0.766. The summed E-state index contributed by atoms with van der Waals surface area (Å²) in [5.41, 5.74) is 0. The first-order chi connectivity index (χ1) is 4.38. The molecule has 9 heavy (non-hydrogen) atoms. The van der Waals surface area contributed by atoms with Gasteiger partial charge < -0.3 is 4.42 Å². The maximum atomic E-state index is 5.23. The third-order valence-corrected chi connectivity index (χ3v) is 2.02.